The van der Waals surface area contributed by atoms with E-state index in [1.807, 2.05) is 6.92 Å². The third kappa shape index (κ3) is 3.17. The number of ketones is 1. The first-order valence-electron chi connectivity index (χ1n) is 6.35. The first-order valence-corrected chi connectivity index (χ1v) is 6.73. The minimum absolute atomic E-state index is 0.0509. The van der Waals surface area contributed by atoms with Gasteiger partial charge in [0.1, 0.15) is 11.6 Å². The van der Waals surface area contributed by atoms with Gasteiger partial charge in [0.05, 0.1) is 17.7 Å². The summed E-state index contributed by atoms with van der Waals surface area (Å²) < 4.78 is 19.3. The number of rotatable bonds is 5. The molecule has 0 aromatic heterocycles. The fraction of sp³-hybridized carbons (Fsp3) is 0.188. The van der Waals surface area contributed by atoms with E-state index in [1.54, 1.807) is 24.3 Å². The minimum atomic E-state index is -0.593. The number of hydrogen-bond acceptors (Lipinski definition) is 2. The third-order valence-electron chi connectivity index (χ3n) is 2.77. The van der Waals surface area contributed by atoms with Crippen molar-refractivity contribution < 1.29 is 13.9 Å². The third-order valence-corrected chi connectivity index (χ3v) is 3.00. The number of benzene rings is 2. The Morgan fingerprint density at radius 1 is 1.20 bits per heavy atom. The zero-order valence-electron chi connectivity index (χ0n) is 11.0. The number of carbonyl (C=O) groups excluding carboxylic acids is 1. The highest BCUT2D eigenvalue weighted by atomic mass is 35.5. The fourth-order valence-corrected chi connectivity index (χ4v) is 1.98. The highest BCUT2D eigenvalue weighted by Crippen LogP contribution is 2.24. The van der Waals surface area contributed by atoms with Crippen molar-refractivity contribution >= 4 is 17.4 Å². The maximum absolute atomic E-state index is 13.8. The number of ether oxygens (including phenoxy) is 1. The van der Waals surface area contributed by atoms with Crippen LogP contribution in [0.5, 0.6) is 5.75 Å². The Kier molecular flexibility index (Phi) is 4.74. The predicted molar refractivity (Wildman–Crippen MR) is 77.1 cm³/mol. The van der Waals surface area contributed by atoms with Gasteiger partial charge in [0.2, 0.25) is 0 Å². The van der Waals surface area contributed by atoms with E-state index < -0.39 is 11.6 Å². The molecule has 0 aliphatic rings. The Morgan fingerprint density at radius 3 is 2.70 bits per heavy atom. The van der Waals surface area contributed by atoms with Crippen LogP contribution in [0.1, 0.15) is 29.3 Å². The largest absolute Gasteiger partial charge is 0.493 e. The molecule has 0 bridgehead atoms. The molecule has 0 atom stereocenters. The van der Waals surface area contributed by atoms with Gasteiger partial charge in [-0.25, -0.2) is 4.39 Å². The first-order chi connectivity index (χ1) is 9.63. The average Bonchev–Trinajstić information content (AvgIpc) is 2.47. The molecule has 2 nitrogen and oxygen atoms in total. The molecule has 0 unspecified atom stereocenters. The summed E-state index contributed by atoms with van der Waals surface area (Å²) in [5.41, 5.74) is 0.284. The highest BCUT2D eigenvalue weighted by molar-refractivity contribution is 6.31. The van der Waals surface area contributed by atoms with E-state index in [4.69, 9.17) is 16.3 Å². The van der Waals surface area contributed by atoms with Gasteiger partial charge in [-0.15, -0.1) is 0 Å². The summed E-state index contributed by atoms with van der Waals surface area (Å²) in [5.74, 6) is -0.569. The maximum Gasteiger partial charge on any atom is 0.199 e. The molecule has 2 aromatic rings. The van der Waals surface area contributed by atoms with E-state index in [9.17, 15) is 9.18 Å². The van der Waals surface area contributed by atoms with E-state index in [-0.39, 0.29) is 5.56 Å². The van der Waals surface area contributed by atoms with Crippen LogP contribution in [-0.4, -0.2) is 12.4 Å². The summed E-state index contributed by atoms with van der Waals surface area (Å²) in [4.78, 5) is 12.4. The zero-order chi connectivity index (χ0) is 14.5. The van der Waals surface area contributed by atoms with Gasteiger partial charge in [0, 0.05) is 5.02 Å². The maximum atomic E-state index is 13.8. The van der Waals surface area contributed by atoms with Gasteiger partial charge in [-0.1, -0.05) is 30.7 Å². The van der Waals surface area contributed by atoms with Crippen molar-refractivity contribution in [3.05, 3.63) is 64.4 Å². The summed E-state index contributed by atoms with van der Waals surface area (Å²) in [6.45, 7) is 2.48. The van der Waals surface area contributed by atoms with E-state index in [0.717, 1.165) is 6.42 Å². The second kappa shape index (κ2) is 6.53. The highest BCUT2D eigenvalue weighted by Gasteiger charge is 2.18. The van der Waals surface area contributed by atoms with Gasteiger partial charge in [0.15, 0.2) is 5.78 Å². The summed E-state index contributed by atoms with van der Waals surface area (Å²) >= 11 is 5.82. The van der Waals surface area contributed by atoms with Crippen LogP contribution in [0, 0.1) is 5.82 Å². The molecule has 0 heterocycles. The summed E-state index contributed by atoms with van der Waals surface area (Å²) in [6, 6.07) is 10.7. The molecular weight excluding hydrogens is 279 g/mol. The Labute approximate surface area is 122 Å². The van der Waals surface area contributed by atoms with Crippen molar-refractivity contribution in [2.75, 3.05) is 6.61 Å². The molecule has 20 heavy (non-hydrogen) atoms. The lowest BCUT2D eigenvalue weighted by atomic mass is 10.0. The predicted octanol–water partition coefficient (Wildman–Crippen LogP) is 4.50. The monoisotopic (exact) mass is 292 g/mol. The van der Waals surface area contributed by atoms with Crippen LogP contribution in [0.25, 0.3) is 0 Å². The van der Waals surface area contributed by atoms with Crippen LogP contribution in [0.4, 0.5) is 4.39 Å². The summed E-state index contributed by atoms with van der Waals surface area (Å²) in [6.07, 6.45) is 0.827. The average molecular weight is 293 g/mol. The second-order valence-electron chi connectivity index (χ2n) is 4.30. The number of para-hydroxylation sites is 1. The molecule has 0 radical (unpaired) electrons. The Hall–Kier alpha value is -1.87. The van der Waals surface area contributed by atoms with Gasteiger partial charge < -0.3 is 4.74 Å². The molecule has 0 spiro atoms. The van der Waals surface area contributed by atoms with Crippen LogP contribution in [0.15, 0.2) is 42.5 Å². The molecule has 0 fully saturated rings. The first kappa shape index (κ1) is 14.5. The zero-order valence-corrected chi connectivity index (χ0v) is 11.8. The molecule has 0 saturated heterocycles. The number of halogens is 2. The summed E-state index contributed by atoms with van der Waals surface area (Å²) in [7, 11) is 0. The van der Waals surface area contributed by atoms with Crippen LogP contribution in [0.3, 0.4) is 0 Å². The van der Waals surface area contributed by atoms with Crippen LogP contribution < -0.4 is 4.74 Å². The standard InChI is InChI=1S/C16H14ClFO2/c1-2-9-20-15-6-4-3-5-12(15)16(19)13-10-11(17)7-8-14(13)18/h3-8,10H,2,9H2,1H3. The molecule has 0 aliphatic carbocycles. The van der Waals surface area contributed by atoms with Crippen molar-refractivity contribution in [2.24, 2.45) is 0 Å². The molecule has 2 rings (SSSR count). The molecule has 0 N–H and O–H groups in total. The molecule has 4 heteroatoms. The number of hydrogen-bond donors (Lipinski definition) is 0. The topological polar surface area (TPSA) is 26.3 Å². The van der Waals surface area contributed by atoms with Crippen molar-refractivity contribution in [3.63, 3.8) is 0 Å². The molecule has 104 valence electrons. The molecule has 0 aliphatic heterocycles. The molecule has 2 aromatic carbocycles. The quantitative estimate of drug-likeness (QED) is 0.759. The van der Waals surface area contributed by atoms with E-state index in [1.165, 1.54) is 18.2 Å². The Morgan fingerprint density at radius 2 is 1.95 bits per heavy atom. The van der Waals surface area contributed by atoms with Gasteiger partial charge >= 0.3 is 0 Å². The minimum Gasteiger partial charge on any atom is -0.493 e. The van der Waals surface area contributed by atoms with E-state index in [2.05, 4.69) is 0 Å². The van der Waals surface area contributed by atoms with Crippen molar-refractivity contribution in [3.8, 4) is 5.75 Å². The molecular formula is C16H14ClFO2. The van der Waals surface area contributed by atoms with Crippen LogP contribution in [0.2, 0.25) is 5.02 Å². The Balaban J connectivity index is 2.40. The second-order valence-corrected chi connectivity index (χ2v) is 4.73. The van der Waals surface area contributed by atoms with Gasteiger partial charge in [-0.05, 0) is 36.8 Å². The lowest BCUT2D eigenvalue weighted by Gasteiger charge is -2.10. The van der Waals surface area contributed by atoms with Crippen LogP contribution in [-0.2, 0) is 0 Å². The normalized spacial score (nSPS) is 10.3. The molecule has 0 saturated carbocycles. The van der Waals surface area contributed by atoms with Crippen molar-refractivity contribution in [1.82, 2.24) is 0 Å². The lowest BCUT2D eigenvalue weighted by molar-refractivity contribution is 0.103. The summed E-state index contributed by atoms with van der Waals surface area (Å²) in [5, 5.41) is 0.321. The van der Waals surface area contributed by atoms with Gasteiger partial charge in [0.25, 0.3) is 0 Å². The lowest BCUT2D eigenvalue weighted by Crippen LogP contribution is -2.08. The van der Waals surface area contributed by atoms with Crippen molar-refractivity contribution in [2.45, 2.75) is 13.3 Å². The SMILES string of the molecule is CCCOc1ccccc1C(=O)c1cc(Cl)ccc1F. The van der Waals surface area contributed by atoms with Crippen LogP contribution >= 0.6 is 11.6 Å². The Bertz CT molecular complexity index is 626. The number of carbonyl (C=O) groups is 1. The van der Waals surface area contributed by atoms with Gasteiger partial charge in [-0.3, -0.25) is 4.79 Å². The van der Waals surface area contributed by atoms with E-state index in [0.29, 0.717) is 22.9 Å². The molecule has 0 amide bonds. The van der Waals surface area contributed by atoms with E-state index >= 15 is 0 Å². The fourth-order valence-electron chi connectivity index (χ4n) is 1.81. The van der Waals surface area contributed by atoms with Gasteiger partial charge in [-0.2, -0.15) is 0 Å². The van der Waals surface area contributed by atoms with Crippen molar-refractivity contribution in [1.29, 1.82) is 0 Å². The smallest absolute Gasteiger partial charge is 0.199 e.